The summed E-state index contributed by atoms with van der Waals surface area (Å²) in [5.74, 6) is 1.25. The molecule has 1 aromatic carbocycles. The van der Waals surface area contributed by atoms with Crippen molar-refractivity contribution in [2.24, 2.45) is 4.99 Å². The Labute approximate surface area is 209 Å². The molecule has 0 atom stereocenters. The van der Waals surface area contributed by atoms with Gasteiger partial charge in [-0.1, -0.05) is 6.07 Å². The molecule has 33 heavy (non-hydrogen) atoms. The summed E-state index contributed by atoms with van der Waals surface area (Å²) < 4.78 is 15.0. The summed E-state index contributed by atoms with van der Waals surface area (Å²) in [6, 6.07) is 12.2. The maximum absolute atomic E-state index is 13.1. The molecule has 176 valence electrons. The van der Waals surface area contributed by atoms with Crippen LogP contribution in [0.15, 0.2) is 53.7 Å². The highest BCUT2D eigenvalue weighted by Gasteiger charge is 2.21. The first-order valence-corrected chi connectivity index (χ1v) is 10.7. The van der Waals surface area contributed by atoms with Crippen LogP contribution in [0.3, 0.4) is 0 Å². The highest BCUT2D eigenvalue weighted by Crippen LogP contribution is 2.17. The molecule has 4 rings (SSSR count). The number of hydrogen-bond donors (Lipinski definition) is 2. The number of nitrogens with zero attached hydrogens (tertiary/aromatic N) is 6. The number of anilines is 1. The summed E-state index contributed by atoms with van der Waals surface area (Å²) in [6.07, 6.45) is 2.29. The van der Waals surface area contributed by atoms with Gasteiger partial charge in [-0.15, -0.1) is 34.2 Å². The monoisotopic (exact) mass is 566 g/mol. The third-order valence-corrected chi connectivity index (χ3v) is 5.48. The molecule has 1 aliphatic heterocycles. The Bertz CT molecular complexity index is 1080. The Kier molecular flexibility index (Phi) is 8.80. The number of fused-ring (bicyclic) bond motifs is 1. The summed E-state index contributed by atoms with van der Waals surface area (Å²) in [4.78, 5) is 20.8. The summed E-state index contributed by atoms with van der Waals surface area (Å²) in [5, 5.41) is 14.7. The van der Waals surface area contributed by atoms with Crippen LogP contribution in [0.4, 0.5) is 10.1 Å². The zero-order chi connectivity index (χ0) is 22.3. The Morgan fingerprint density at radius 2 is 1.82 bits per heavy atom. The van der Waals surface area contributed by atoms with Crippen LogP contribution in [-0.4, -0.2) is 71.1 Å². The Morgan fingerprint density at radius 3 is 2.55 bits per heavy atom. The summed E-state index contributed by atoms with van der Waals surface area (Å²) >= 11 is 0. The van der Waals surface area contributed by atoms with E-state index in [-0.39, 0.29) is 35.7 Å². The fraction of sp³-hybridized carbons (Fsp3) is 0.364. The van der Waals surface area contributed by atoms with Crippen molar-refractivity contribution < 1.29 is 9.18 Å². The number of halogens is 2. The first-order chi connectivity index (χ1) is 15.6. The number of aliphatic imine (C=N–C) groups is 1. The minimum atomic E-state index is -0.241. The van der Waals surface area contributed by atoms with E-state index in [2.05, 4.69) is 30.7 Å². The molecular formula is C22H28FIN8O. The van der Waals surface area contributed by atoms with E-state index in [1.54, 1.807) is 19.2 Å². The van der Waals surface area contributed by atoms with Gasteiger partial charge >= 0.3 is 0 Å². The smallest absolute Gasteiger partial charge is 0.224 e. The lowest BCUT2D eigenvalue weighted by Crippen LogP contribution is -2.49. The summed E-state index contributed by atoms with van der Waals surface area (Å²) in [6.45, 7) is 3.73. The van der Waals surface area contributed by atoms with Gasteiger partial charge in [0, 0.05) is 58.1 Å². The minimum Gasteiger partial charge on any atom is -0.368 e. The van der Waals surface area contributed by atoms with Gasteiger partial charge < -0.3 is 20.4 Å². The van der Waals surface area contributed by atoms with Crippen molar-refractivity contribution in [3.8, 4) is 0 Å². The third kappa shape index (κ3) is 6.30. The molecular weight excluding hydrogens is 538 g/mol. The number of carbonyl (C=O) groups is 1. The molecule has 1 fully saturated rings. The first-order valence-electron chi connectivity index (χ1n) is 10.7. The Hall–Kier alpha value is -2.96. The Balaban J connectivity index is 0.00000306. The lowest BCUT2D eigenvalue weighted by Gasteiger charge is -2.36. The molecule has 0 aliphatic carbocycles. The number of pyridine rings is 1. The van der Waals surface area contributed by atoms with Gasteiger partial charge in [0.2, 0.25) is 5.91 Å². The highest BCUT2D eigenvalue weighted by molar-refractivity contribution is 14.0. The van der Waals surface area contributed by atoms with Gasteiger partial charge in [0.25, 0.3) is 0 Å². The van der Waals surface area contributed by atoms with Crippen molar-refractivity contribution >= 4 is 47.2 Å². The lowest BCUT2D eigenvalue weighted by atomic mass is 10.2. The second kappa shape index (κ2) is 11.8. The van der Waals surface area contributed by atoms with Crippen LogP contribution in [-0.2, 0) is 11.3 Å². The van der Waals surface area contributed by atoms with Crippen LogP contribution >= 0.6 is 24.0 Å². The third-order valence-electron chi connectivity index (χ3n) is 5.48. The van der Waals surface area contributed by atoms with E-state index in [1.165, 1.54) is 12.1 Å². The van der Waals surface area contributed by atoms with E-state index in [9.17, 15) is 9.18 Å². The maximum Gasteiger partial charge on any atom is 0.224 e. The lowest BCUT2D eigenvalue weighted by molar-refractivity contribution is -0.131. The van der Waals surface area contributed by atoms with E-state index in [0.29, 0.717) is 38.6 Å². The number of hydrogen-bond acceptors (Lipinski definition) is 5. The zero-order valence-corrected chi connectivity index (χ0v) is 20.8. The molecule has 1 amide bonds. The van der Waals surface area contributed by atoms with Gasteiger partial charge in [-0.05, 0) is 36.4 Å². The molecule has 0 bridgehead atoms. The highest BCUT2D eigenvalue weighted by atomic mass is 127. The van der Waals surface area contributed by atoms with Crippen molar-refractivity contribution in [3.05, 3.63) is 60.3 Å². The van der Waals surface area contributed by atoms with Gasteiger partial charge in [0.1, 0.15) is 5.82 Å². The van der Waals surface area contributed by atoms with Crippen LogP contribution < -0.4 is 15.5 Å². The van der Waals surface area contributed by atoms with E-state index in [4.69, 9.17) is 0 Å². The quantitative estimate of drug-likeness (QED) is 0.269. The number of guanidine groups is 1. The van der Waals surface area contributed by atoms with Crippen LogP contribution in [0.2, 0.25) is 0 Å². The molecule has 0 unspecified atom stereocenters. The van der Waals surface area contributed by atoms with E-state index in [0.717, 1.165) is 30.2 Å². The number of benzene rings is 1. The minimum absolute atomic E-state index is 0. The van der Waals surface area contributed by atoms with Crippen molar-refractivity contribution in [2.75, 3.05) is 44.7 Å². The number of carbonyl (C=O) groups excluding carboxylic acids is 1. The van der Waals surface area contributed by atoms with Gasteiger partial charge in [0.15, 0.2) is 17.4 Å². The standard InChI is InChI=1S/C22H27FN8O.HI/c1-24-22(26-16-20-28-27-19-4-2-3-11-31(19)20)25-10-9-21(32)30-14-12-29(13-15-30)18-7-5-17(23)6-8-18;/h2-8,11H,9-10,12-16H2,1H3,(H2,24,25,26);1H. The van der Waals surface area contributed by atoms with Crippen molar-refractivity contribution in [1.29, 1.82) is 0 Å². The van der Waals surface area contributed by atoms with Crippen LogP contribution in [0.1, 0.15) is 12.2 Å². The van der Waals surface area contributed by atoms with E-state index >= 15 is 0 Å². The SMILES string of the molecule is CN=C(NCCC(=O)N1CCN(c2ccc(F)cc2)CC1)NCc1nnc2ccccn12.I. The van der Waals surface area contributed by atoms with Crippen molar-refractivity contribution in [2.45, 2.75) is 13.0 Å². The normalized spacial score (nSPS) is 14.2. The van der Waals surface area contributed by atoms with Crippen LogP contribution in [0, 0.1) is 5.82 Å². The fourth-order valence-corrected chi connectivity index (χ4v) is 3.71. The number of rotatable bonds is 6. The number of nitrogens with one attached hydrogen (secondary N) is 2. The van der Waals surface area contributed by atoms with E-state index in [1.807, 2.05) is 33.7 Å². The van der Waals surface area contributed by atoms with Crippen LogP contribution in [0.5, 0.6) is 0 Å². The molecule has 0 spiro atoms. The molecule has 3 heterocycles. The molecule has 1 aliphatic rings. The molecule has 1 saturated heterocycles. The summed E-state index contributed by atoms with van der Waals surface area (Å²) in [5.41, 5.74) is 1.77. The second-order valence-electron chi connectivity index (χ2n) is 7.49. The first kappa shape index (κ1) is 24.7. The number of amides is 1. The average Bonchev–Trinajstić information content (AvgIpc) is 3.25. The van der Waals surface area contributed by atoms with Crippen molar-refractivity contribution in [3.63, 3.8) is 0 Å². The van der Waals surface area contributed by atoms with Crippen LogP contribution in [0.25, 0.3) is 5.65 Å². The topological polar surface area (TPSA) is 90.2 Å². The zero-order valence-electron chi connectivity index (χ0n) is 18.4. The number of piperazine rings is 1. The number of aromatic nitrogens is 3. The molecule has 3 aromatic rings. The fourth-order valence-electron chi connectivity index (χ4n) is 3.71. The van der Waals surface area contributed by atoms with Gasteiger partial charge in [-0.25, -0.2) is 4.39 Å². The molecule has 9 nitrogen and oxygen atoms in total. The molecule has 2 aromatic heterocycles. The largest absolute Gasteiger partial charge is 0.368 e. The maximum atomic E-state index is 13.1. The molecule has 2 N–H and O–H groups in total. The van der Waals surface area contributed by atoms with E-state index < -0.39 is 0 Å². The molecule has 0 saturated carbocycles. The van der Waals surface area contributed by atoms with Gasteiger partial charge in [-0.3, -0.25) is 14.2 Å². The van der Waals surface area contributed by atoms with Gasteiger partial charge in [0.05, 0.1) is 6.54 Å². The van der Waals surface area contributed by atoms with Crippen molar-refractivity contribution in [1.82, 2.24) is 30.1 Å². The average molecular weight is 566 g/mol. The molecule has 0 radical (unpaired) electrons. The second-order valence-corrected chi connectivity index (χ2v) is 7.49. The van der Waals surface area contributed by atoms with Gasteiger partial charge in [-0.2, -0.15) is 0 Å². The Morgan fingerprint density at radius 1 is 1.06 bits per heavy atom. The predicted molar refractivity (Wildman–Crippen MR) is 136 cm³/mol. The molecule has 11 heteroatoms. The predicted octanol–water partition coefficient (Wildman–Crippen LogP) is 1.89. The summed E-state index contributed by atoms with van der Waals surface area (Å²) in [7, 11) is 1.69.